The molecule has 2 saturated heterocycles. The number of nitrogens with zero attached hydrogens (tertiary/aromatic N) is 4. The number of para-hydroxylation sites is 1. The molecule has 0 radical (unpaired) electrons. The Bertz CT molecular complexity index is 1190. The summed E-state index contributed by atoms with van der Waals surface area (Å²) < 4.78 is 25.6. The third-order valence-corrected chi connectivity index (χ3v) is 6.86. The van der Waals surface area contributed by atoms with Crippen LogP contribution in [0.3, 0.4) is 0 Å². The van der Waals surface area contributed by atoms with E-state index in [1.807, 2.05) is 36.4 Å². The van der Waals surface area contributed by atoms with Crippen LogP contribution in [0, 0.1) is 17.7 Å². The smallest absolute Gasteiger partial charge is 0.165 e. The Hall–Kier alpha value is -3.63. The van der Waals surface area contributed by atoms with E-state index in [1.165, 1.54) is 38.4 Å². The van der Waals surface area contributed by atoms with Gasteiger partial charge in [0.15, 0.2) is 17.4 Å². The van der Waals surface area contributed by atoms with Crippen LogP contribution in [0.15, 0.2) is 60.7 Å². The molecule has 0 amide bonds. The summed E-state index contributed by atoms with van der Waals surface area (Å²) in [4.78, 5) is 4.65. The van der Waals surface area contributed by atoms with E-state index in [-0.39, 0.29) is 11.9 Å². The van der Waals surface area contributed by atoms with Gasteiger partial charge in [0.05, 0.1) is 0 Å². The maximum Gasteiger partial charge on any atom is 0.165 e. The lowest BCUT2D eigenvalue weighted by molar-refractivity contribution is 0.163. The first-order chi connectivity index (χ1) is 18.2. The molecule has 1 aromatic heterocycles. The Labute approximate surface area is 218 Å². The molecule has 0 unspecified atom stereocenters. The highest BCUT2D eigenvalue weighted by Gasteiger charge is 2.22. The fraction of sp³-hybridized carbons (Fsp3) is 0.400. The van der Waals surface area contributed by atoms with Gasteiger partial charge >= 0.3 is 0 Å². The van der Waals surface area contributed by atoms with Gasteiger partial charge in [0, 0.05) is 38.0 Å². The highest BCUT2D eigenvalue weighted by atomic mass is 19.1. The molecule has 0 spiro atoms. The van der Waals surface area contributed by atoms with Gasteiger partial charge in [0.1, 0.15) is 24.2 Å². The minimum atomic E-state index is -0.319. The molecule has 37 heavy (non-hydrogen) atoms. The molecule has 3 heterocycles. The first-order valence-corrected chi connectivity index (χ1v) is 13.2. The molecule has 0 N–H and O–H groups in total. The number of likely N-dealkylation sites (tertiary alicyclic amines) is 1. The van der Waals surface area contributed by atoms with Crippen molar-refractivity contribution in [3.05, 3.63) is 77.7 Å². The standard InChI is InChI=1S/C30H33FN4O2/c31-28-6-2-3-7-29(28)37-27-16-20-35(21-17-27)30-15-12-25(32-33-30)11-8-24-9-13-26(14-10-24)36-23-22-34-18-4-1-5-19-34/h2-3,6-7,9-10,12-15,27H,1,4-5,16-23H2. The number of piperidine rings is 2. The molecule has 2 aromatic carbocycles. The third-order valence-electron chi connectivity index (χ3n) is 6.86. The molecule has 192 valence electrons. The Balaban J connectivity index is 1.07. The van der Waals surface area contributed by atoms with Crippen LogP contribution < -0.4 is 14.4 Å². The molecule has 5 rings (SSSR count). The molecule has 2 aliphatic rings. The van der Waals surface area contributed by atoms with Crippen LogP contribution in [0.2, 0.25) is 0 Å². The number of hydrogen-bond acceptors (Lipinski definition) is 6. The van der Waals surface area contributed by atoms with Gasteiger partial charge in [0.25, 0.3) is 0 Å². The molecule has 0 atom stereocenters. The summed E-state index contributed by atoms with van der Waals surface area (Å²) in [5.74, 6) is 7.93. The van der Waals surface area contributed by atoms with Crippen molar-refractivity contribution in [2.45, 2.75) is 38.2 Å². The van der Waals surface area contributed by atoms with E-state index < -0.39 is 0 Å². The number of ether oxygens (including phenoxy) is 2. The number of benzene rings is 2. The van der Waals surface area contributed by atoms with Crippen molar-refractivity contribution < 1.29 is 13.9 Å². The van der Waals surface area contributed by atoms with Gasteiger partial charge in [0.2, 0.25) is 0 Å². The number of anilines is 1. The second-order valence-corrected chi connectivity index (χ2v) is 9.54. The monoisotopic (exact) mass is 500 g/mol. The molecule has 7 heteroatoms. The Morgan fingerprint density at radius 1 is 0.838 bits per heavy atom. The largest absolute Gasteiger partial charge is 0.492 e. The number of aromatic nitrogens is 2. The average Bonchev–Trinajstić information content (AvgIpc) is 2.95. The molecule has 2 aliphatic heterocycles. The van der Waals surface area contributed by atoms with E-state index in [0.29, 0.717) is 18.1 Å². The van der Waals surface area contributed by atoms with Crippen molar-refractivity contribution in [3.8, 4) is 23.3 Å². The molecule has 0 aliphatic carbocycles. The second-order valence-electron chi connectivity index (χ2n) is 9.54. The summed E-state index contributed by atoms with van der Waals surface area (Å²) in [7, 11) is 0. The lowest BCUT2D eigenvalue weighted by Gasteiger charge is -2.32. The summed E-state index contributed by atoms with van der Waals surface area (Å²) in [6.07, 6.45) is 5.55. The summed E-state index contributed by atoms with van der Waals surface area (Å²) in [6.45, 7) is 5.63. The number of hydrogen-bond donors (Lipinski definition) is 0. The Kier molecular flexibility index (Phi) is 8.50. The van der Waals surface area contributed by atoms with Crippen LogP contribution in [-0.2, 0) is 0 Å². The SMILES string of the molecule is Fc1ccccc1OC1CCN(c2ccc(C#Cc3ccc(OCCN4CCCCC4)cc3)nn2)CC1. The van der Waals surface area contributed by atoms with Crippen molar-refractivity contribution in [1.82, 2.24) is 15.1 Å². The second kappa shape index (κ2) is 12.6. The summed E-state index contributed by atoms with van der Waals surface area (Å²) in [5, 5.41) is 8.67. The van der Waals surface area contributed by atoms with E-state index in [4.69, 9.17) is 9.47 Å². The molecule has 0 saturated carbocycles. The van der Waals surface area contributed by atoms with Crippen LogP contribution >= 0.6 is 0 Å². The van der Waals surface area contributed by atoms with E-state index in [2.05, 4.69) is 31.8 Å². The first kappa shape index (κ1) is 25.0. The molecular formula is C30H33FN4O2. The van der Waals surface area contributed by atoms with Gasteiger partial charge in [-0.15, -0.1) is 10.2 Å². The third kappa shape index (κ3) is 7.21. The highest BCUT2D eigenvalue weighted by Crippen LogP contribution is 2.23. The van der Waals surface area contributed by atoms with Crippen LogP contribution in [0.5, 0.6) is 11.5 Å². The van der Waals surface area contributed by atoms with Gasteiger partial charge in [-0.05, 0) is 80.4 Å². The quantitative estimate of drug-likeness (QED) is 0.429. The zero-order valence-electron chi connectivity index (χ0n) is 21.1. The highest BCUT2D eigenvalue weighted by molar-refractivity contribution is 5.44. The van der Waals surface area contributed by atoms with Crippen LogP contribution in [0.4, 0.5) is 10.2 Å². The molecule has 3 aromatic rings. The van der Waals surface area contributed by atoms with E-state index in [9.17, 15) is 4.39 Å². The normalized spacial score (nSPS) is 16.6. The van der Waals surface area contributed by atoms with Crippen molar-refractivity contribution in [2.75, 3.05) is 44.2 Å². The summed E-state index contributed by atoms with van der Waals surface area (Å²) in [5.41, 5.74) is 1.54. The lowest BCUT2D eigenvalue weighted by Crippen LogP contribution is -2.38. The Morgan fingerprint density at radius 2 is 1.62 bits per heavy atom. The maximum absolute atomic E-state index is 13.8. The van der Waals surface area contributed by atoms with Crippen LogP contribution in [0.1, 0.15) is 43.4 Å². The maximum atomic E-state index is 13.8. The molecule has 2 fully saturated rings. The van der Waals surface area contributed by atoms with Crippen molar-refractivity contribution in [3.63, 3.8) is 0 Å². The predicted octanol–water partition coefficient (Wildman–Crippen LogP) is 4.93. The minimum absolute atomic E-state index is 0.00213. The minimum Gasteiger partial charge on any atom is -0.492 e. The number of halogens is 1. The molecule has 0 bridgehead atoms. The predicted molar refractivity (Wildman–Crippen MR) is 143 cm³/mol. The van der Waals surface area contributed by atoms with Crippen LogP contribution in [-0.4, -0.2) is 60.5 Å². The van der Waals surface area contributed by atoms with E-state index in [0.717, 1.165) is 49.6 Å². The van der Waals surface area contributed by atoms with Gasteiger partial charge in [-0.25, -0.2) is 4.39 Å². The van der Waals surface area contributed by atoms with E-state index in [1.54, 1.807) is 18.2 Å². The fourth-order valence-electron chi connectivity index (χ4n) is 4.73. The van der Waals surface area contributed by atoms with Crippen molar-refractivity contribution in [2.24, 2.45) is 0 Å². The van der Waals surface area contributed by atoms with Crippen LogP contribution in [0.25, 0.3) is 0 Å². The summed E-state index contributed by atoms with van der Waals surface area (Å²) >= 11 is 0. The zero-order valence-corrected chi connectivity index (χ0v) is 21.1. The number of rotatable bonds is 7. The average molecular weight is 501 g/mol. The fourth-order valence-corrected chi connectivity index (χ4v) is 4.73. The zero-order chi connectivity index (χ0) is 25.3. The van der Waals surface area contributed by atoms with Gasteiger partial charge < -0.3 is 14.4 Å². The summed E-state index contributed by atoms with van der Waals surface area (Å²) in [6, 6.07) is 18.3. The first-order valence-electron chi connectivity index (χ1n) is 13.2. The van der Waals surface area contributed by atoms with Gasteiger partial charge in [-0.2, -0.15) is 0 Å². The van der Waals surface area contributed by atoms with E-state index >= 15 is 0 Å². The van der Waals surface area contributed by atoms with Gasteiger partial charge in [-0.1, -0.05) is 24.5 Å². The Morgan fingerprint density at radius 3 is 2.35 bits per heavy atom. The lowest BCUT2D eigenvalue weighted by atomic mass is 10.1. The van der Waals surface area contributed by atoms with Gasteiger partial charge in [-0.3, -0.25) is 4.90 Å². The molecule has 6 nitrogen and oxygen atoms in total. The topological polar surface area (TPSA) is 50.7 Å². The van der Waals surface area contributed by atoms with Crippen molar-refractivity contribution >= 4 is 5.82 Å². The molecular weight excluding hydrogens is 467 g/mol. The van der Waals surface area contributed by atoms with Crippen molar-refractivity contribution in [1.29, 1.82) is 0 Å².